The summed E-state index contributed by atoms with van der Waals surface area (Å²) in [5, 5.41) is 3.47. The van der Waals surface area contributed by atoms with Crippen LogP contribution in [-0.2, 0) is 18.7 Å². The molecule has 0 aliphatic carbocycles. The van der Waals surface area contributed by atoms with Crippen LogP contribution in [0, 0.1) is 0 Å². The Bertz CT molecular complexity index is 531. The van der Waals surface area contributed by atoms with Crippen LogP contribution in [0.1, 0.15) is 36.1 Å². The molecule has 1 N–H and O–H groups in total. The zero-order valence-corrected chi connectivity index (χ0v) is 14.1. The molecule has 0 unspecified atom stereocenters. The van der Waals surface area contributed by atoms with E-state index in [2.05, 4.69) is 62.5 Å². The molecule has 0 aliphatic heterocycles. The topological polar surface area (TPSA) is 12.0 Å². The van der Waals surface area contributed by atoms with Gasteiger partial charge in [-0.15, -0.1) is 23.1 Å². The molecule has 0 spiro atoms. The van der Waals surface area contributed by atoms with E-state index < -0.39 is 0 Å². The molecule has 0 radical (unpaired) electrons. The lowest BCUT2D eigenvalue weighted by molar-refractivity contribution is 0.588. The zero-order chi connectivity index (χ0) is 14.4. The summed E-state index contributed by atoms with van der Waals surface area (Å²) in [4.78, 5) is 4.31. The Labute approximate surface area is 130 Å². The Hall–Kier alpha value is -0.770. The standard InChI is InChI=1S/C17H23NS2/c1-4-15-8-9-17(20-15)12-19-16-7-5-6-14(10-16)11-18-13(2)3/h5-10,13,18H,4,11-12H2,1-3H3. The summed E-state index contributed by atoms with van der Waals surface area (Å²) < 4.78 is 0. The van der Waals surface area contributed by atoms with Crippen molar-refractivity contribution in [3.05, 3.63) is 51.7 Å². The van der Waals surface area contributed by atoms with Crippen molar-refractivity contribution in [2.24, 2.45) is 0 Å². The van der Waals surface area contributed by atoms with E-state index in [1.54, 1.807) is 0 Å². The second-order valence-corrected chi connectivity index (χ2v) is 7.49. The van der Waals surface area contributed by atoms with Gasteiger partial charge in [-0.3, -0.25) is 0 Å². The molecular weight excluding hydrogens is 282 g/mol. The first-order valence-corrected chi connectivity index (χ1v) is 9.00. The molecule has 108 valence electrons. The van der Waals surface area contributed by atoms with E-state index in [1.165, 1.54) is 20.2 Å². The maximum Gasteiger partial charge on any atom is 0.0326 e. The van der Waals surface area contributed by atoms with Crippen molar-refractivity contribution in [1.82, 2.24) is 5.32 Å². The summed E-state index contributed by atoms with van der Waals surface area (Å²) in [5.74, 6) is 1.08. The molecule has 3 heteroatoms. The molecule has 1 aromatic carbocycles. The Morgan fingerprint density at radius 1 is 1.15 bits per heavy atom. The predicted octanol–water partition coefficient (Wildman–Crippen LogP) is 5.10. The first-order valence-electron chi connectivity index (χ1n) is 7.20. The monoisotopic (exact) mass is 305 g/mol. The molecule has 0 saturated carbocycles. The Morgan fingerprint density at radius 3 is 2.65 bits per heavy atom. The van der Waals surface area contributed by atoms with Crippen LogP contribution in [0.3, 0.4) is 0 Å². The molecule has 0 amide bonds. The molecule has 20 heavy (non-hydrogen) atoms. The van der Waals surface area contributed by atoms with E-state index in [9.17, 15) is 0 Å². The first-order chi connectivity index (χ1) is 9.67. The largest absolute Gasteiger partial charge is 0.310 e. The van der Waals surface area contributed by atoms with Gasteiger partial charge in [0.15, 0.2) is 0 Å². The van der Waals surface area contributed by atoms with Gasteiger partial charge < -0.3 is 5.32 Å². The first kappa shape index (κ1) is 15.6. The van der Waals surface area contributed by atoms with Crippen LogP contribution >= 0.6 is 23.1 Å². The smallest absolute Gasteiger partial charge is 0.0326 e. The van der Waals surface area contributed by atoms with E-state index in [0.717, 1.165) is 18.7 Å². The van der Waals surface area contributed by atoms with Crippen molar-refractivity contribution >= 4 is 23.1 Å². The van der Waals surface area contributed by atoms with E-state index >= 15 is 0 Å². The minimum Gasteiger partial charge on any atom is -0.310 e. The highest BCUT2D eigenvalue weighted by molar-refractivity contribution is 7.98. The maximum absolute atomic E-state index is 3.47. The fraction of sp³-hybridized carbons (Fsp3) is 0.412. The molecule has 2 rings (SSSR count). The van der Waals surface area contributed by atoms with Gasteiger partial charge in [0.2, 0.25) is 0 Å². The van der Waals surface area contributed by atoms with Crippen molar-refractivity contribution in [2.75, 3.05) is 0 Å². The summed E-state index contributed by atoms with van der Waals surface area (Å²) >= 11 is 3.87. The van der Waals surface area contributed by atoms with E-state index in [4.69, 9.17) is 0 Å². The molecule has 1 aromatic heterocycles. The molecule has 0 fully saturated rings. The van der Waals surface area contributed by atoms with Crippen LogP contribution in [-0.4, -0.2) is 6.04 Å². The number of hydrogen-bond donors (Lipinski definition) is 1. The third-order valence-corrected chi connectivity index (χ3v) is 5.51. The fourth-order valence-electron chi connectivity index (χ4n) is 1.91. The van der Waals surface area contributed by atoms with Crippen molar-refractivity contribution in [2.45, 2.75) is 50.4 Å². The highest BCUT2D eigenvalue weighted by Crippen LogP contribution is 2.27. The van der Waals surface area contributed by atoms with Gasteiger partial charge in [0, 0.05) is 33.0 Å². The lowest BCUT2D eigenvalue weighted by Gasteiger charge is -2.09. The molecule has 0 aliphatic rings. The van der Waals surface area contributed by atoms with E-state index in [1.807, 2.05) is 23.1 Å². The normalized spacial score (nSPS) is 11.2. The van der Waals surface area contributed by atoms with Crippen LogP contribution in [0.5, 0.6) is 0 Å². The minimum absolute atomic E-state index is 0.532. The van der Waals surface area contributed by atoms with Gasteiger partial charge >= 0.3 is 0 Å². The number of thioether (sulfide) groups is 1. The highest BCUT2D eigenvalue weighted by Gasteiger charge is 2.02. The van der Waals surface area contributed by atoms with Gasteiger partial charge in [0.1, 0.15) is 0 Å². The maximum atomic E-state index is 3.47. The second-order valence-electron chi connectivity index (χ2n) is 5.19. The summed E-state index contributed by atoms with van der Waals surface area (Å²) in [6.45, 7) is 7.53. The summed E-state index contributed by atoms with van der Waals surface area (Å²) in [6.07, 6.45) is 1.14. The summed E-state index contributed by atoms with van der Waals surface area (Å²) in [7, 11) is 0. The van der Waals surface area contributed by atoms with Crippen molar-refractivity contribution < 1.29 is 0 Å². The SMILES string of the molecule is CCc1ccc(CSc2cccc(CNC(C)C)c2)s1. The number of rotatable bonds is 7. The Balaban J connectivity index is 1.90. The number of thiophene rings is 1. The van der Waals surface area contributed by atoms with Gasteiger partial charge in [-0.05, 0) is 36.2 Å². The molecule has 0 saturated heterocycles. The lowest BCUT2D eigenvalue weighted by Crippen LogP contribution is -2.21. The third-order valence-electron chi connectivity index (χ3n) is 3.06. The zero-order valence-electron chi connectivity index (χ0n) is 12.5. The summed E-state index contributed by atoms with van der Waals surface area (Å²) in [6, 6.07) is 13.9. The van der Waals surface area contributed by atoms with Crippen molar-refractivity contribution in [1.29, 1.82) is 0 Å². The van der Waals surface area contributed by atoms with E-state index in [0.29, 0.717) is 6.04 Å². The van der Waals surface area contributed by atoms with Gasteiger partial charge in [-0.25, -0.2) is 0 Å². The molecule has 1 heterocycles. The average molecular weight is 306 g/mol. The second kappa shape index (κ2) is 7.87. The highest BCUT2D eigenvalue weighted by atomic mass is 32.2. The van der Waals surface area contributed by atoms with Gasteiger partial charge in [-0.1, -0.05) is 32.9 Å². The molecule has 2 aromatic rings. The van der Waals surface area contributed by atoms with Gasteiger partial charge in [0.05, 0.1) is 0 Å². The number of benzene rings is 1. The summed E-state index contributed by atoms with van der Waals surface area (Å²) in [5.41, 5.74) is 1.36. The van der Waals surface area contributed by atoms with Crippen LogP contribution < -0.4 is 5.32 Å². The third kappa shape index (κ3) is 4.97. The molecule has 0 bridgehead atoms. The Kier molecular flexibility index (Phi) is 6.14. The number of nitrogens with one attached hydrogen (secondary N) is 1. The minimum atomic E-state index is 0.532. The van der Waals surface area contributed by atoms with Crippen LogP contribution in [0.4, 0.5) is 0 Å². The Morgan fingerprint density at radius 2 is 1.95 bits per heavy atom. The predicted molar refractivity (Wildman–Crippen MR) is 91.7 cm³/mol. The molecule has 0 atom stereocenters. The van der Waals surface area contributed by atoms with Crippen molar-refractivity contribution in [3.63, 3.8) is 0 Å². The lowest BCUT2D eigenvalue weighted by atomic mass is 10.2. The van der Waals surface area contributed by atoms with Gasteiger partial charge in [-0.2, -0.15) is 0 Å². The molecular formula is C17H23NS2. The van der Waals surface area contributed by atoms with E-state index in [-0.39, 0.29) is 0 Å². The number of aryl methyl sites for hydroxylation is 1. The number of hydrogen-bond acceptors (Lipinski definition) is 3. The quantitative estimate of drug-likeness (QED) is 0.714. The fourth-order valence-corrected chi connectivity index (χ4v) is 3.89. The average Bonchev–Trinajstić information content (AvgIpc) is 2.91. The van der Waals surface area contributed by atoms with Crippen LogP contribution in [0.15, 0.2) is 41.3 Å². The van der Waals surface area contributed by atoms with Crippen LogP contribution in [0.25, 0.3) is 0 Å². The van der Waals surface area contributed by atoms with Crippen molar-refractivity contribution in [3.8, 4) is 0 Å². The van der Waals surface area contributed by atoms with Gasteiger partial charge in [0.25, 0.3) is 0 Å². The molecule has 1 nitrogen and oxygen atoms in total. The van der Waals surface area contributed by atoms with Crippen LogP contribution in [0.2, 0.25) is 0 Å².